The van der Waals surface area contributed by atoms with E-state index >= 15 is 0 Å². The molecule has 0 radical (unpaired) electrons. The van der Waals surface area contributed by atoms with Gasteiger partial charge in [-0.25, -0.2) is 8.42 Å². The molecule has 0 saturated carbocycles. The molecule has 2 aromatic carbocycles. The Bertz CT molecular complexity index is 941. The van der Waals surface area contributed by atoms with Crippen LogP contribution < -0.4 is 19.1 Å². The van der Waals surface area contributed by atoms with E-state index in [4.69, 9.17) is 9.47 Å². The predicted octanol–water partition coefficient (Wildman–Crippen LogP) is 2.73. The van der Waals surface area contributed by atoms with Gasteiger partial charge >= 0.3 is 0 Å². The van der Waals surface area contributed by atoms with E-state index in [1.165, 1.54) is 14.2 Å². The van der Waals surface area contributed by atoms with Crippen LogP contribution >= 0.6 is 0 Å². The van der Waals surface area contributed by atoms with Gasteiger partial charge in [-0.05, 0) is 43.2 Å². The van der Waals surface area contributed by atoms with Crippen molar-refractivity contribution in [2.45, 2.75) is 13.8 Å². The van der Waals surface area contributed by atoms with E-state index in [0.717, 1.165) is 21.7 Å². The second kappa shape index (κ2) is 8.30. The Morgan fingerprint density at radius 1 is 1.11 bits per heavy atom. The molecule has 0 aliphatic heterocycles. The van der Waals surface area contributed by atoms with Crippen LogP contribution in [0.3, 0.4) is 0 Å². The fourth-order valence-corrected chi connectivity index (χ4v) is 3.52. The van der Waals surface area contributed by atoms with Gasteiger partial charge in [0.2, 0.25) is 15.9 Å². The van der Waals surface area contributed by atoms with E-state index in [-0.39, 0.29) is 6.54 Å². The van der Waals surface area contributed by atoms with Gasteiger partial charge in [0, 0.05) is 6.07 Å². The molecule has 1 N–H and O–H groups in total. The molecular weight excluding hydrogens is 368 g/mol. The van der Waals surface area contributed by atoms with Crippen LogP contribution in [-0.4, -0.2) is 41.3 Å². The molecule has 0 unspecified atom stereocenters. The first-order chi connectivity index (χ1) is 12.7. The molecule has 8 heteroatoms. The zero-order chi connectivity index (χ0) is 20.2. The molecule has 0 bridgehead atoms. The lowest BCUT2D eigenvalue weighted by molar-refractivity contribution is -0.114. The summed E-state index contributed by atoms with van der Waals surface area (Å²) < 4.78 is 36.1. The van der Waals surface area contributed by atoms with Crippen LogP contribution in [0.15, 0.2) is 36.4 Å². The summed E-state index contributed by atoms with van der Waals surface area (Å²) in [5.41, 5.74) is 2.66. The maximum Gasteiger partial charge on any atom is 0.245 e. The second-order valence-corrected chi connectivity index (χ2v) is 8.01. The van der Waals surface area contributed by atoms with Crippen molar-refractivity contribution in [3.05, 3.63) is 47.5 Å². The number of ether oxygens (including phenoxy) is 2. The molecule has 0 heterocycles. The number of methoxy groups -OCH3 is 2. The maximum atomic E-state index is 12.6. The average molecular weight is 392 g/mol. The second-order valence-electron chi connectivity index (χ2n) is 6.10. The monoisotopic (exact) mass is 392 g/mol. The van der Waals surface area contributed by atoms with Crippen LogP contribution in [-0.2, 0) is 14.8 Å². The van der Waals surface area contributed by atoms with Crippen LogP contribution in [0, 0.1) is 13.8 Å². The number of amides is 1. The summed E-state index contributed by atoms with van der Waals surface area (Å²) >= 11 is 0. The first kappa shape index (κ1) is 20.6. The summed E-state index contributed by atoms with van der Waals surface area (Å²) in [5, 5.41) is 2.69. The van der Waals surface area contributed by atoms with E-state index in [0.29, 0.717) is 22.9 Å². The van der Waals surface area contributed by atoms with Gasteiger partial charge in [0.15, 0.2) is 0 Å². The van der Waals surface area contributed by atoms with E-state index in [9.17, 15) is 13.2 Å². The van der Waals surface area contributed by atoms with E-state index in [1.807, 2.05) is 19.9 Å². The summed E-state index contributed by atoms with van der Waals surface area (Å²) in [5.74, 6) is 0.517. The number of aryl methyl sites for hydroxylation is 1. The largest absolute Gasteiger partial charge is 0.497 e. The minimum absolute atomic E-state index is 0.349. The molecule has 0 spiro atoms. The van der Waals surface area contributed by atoms with Crippen molar-refractivity contribution in [1.29, 1.82) is 0 Å². The zero-order valence-electron chi connectivity index (χ0n) is 16.1. The minimum Gasteiger partial charge on any atom is -0.497 e. The fraction of sp³-hybridized carbons (Fsp3) is 0.316. The molecule has 0 fully saturated rings. The van der Waals surface area contributed by atoms with Crippen LogP contribution in [0.1, 0.15) is 11.1 Å². The molecule has 2 rings (SSSR count). The van der Waals surface area contributed by atoms with Gasteiger partial charge in [0.1, 0.15) is 18.0 Å². The van der Waals surface area contributed by atoms with E-state index < -0.39 is 15.9 Å². The molecule has 2 aromatic rings. The first-order valence-corrected chi connectivity index (χ1v) is 10.1. The highest BCUT2D eigenvalue weighted by Gasteiger charge is 2.23. The number of benzene rings is 2. The van der Waals surface area contributed by atoms with Crippen molar-refractivity contribution in [2.24, 2.45) is 0 Å². The third-order valence-corrected chi connectivity index (χ3v) is 5.34. The van der Waals surface area contributed by atoms with Gasteiger partial charge < -0.3 is 14.8 Å². The molecule has 0 saturated heterocycles. The Balaban J connectivity index is 2.29. The van der Waals surface area contributed by atoms with Crippen LogP contribution in [0.25, 0.3) is 0 Å². The molecular formula is C19H24N2O5S. The average Bonchev–Trinajstić information content (AvgIpc) is 2.61. The van der Waals surface area contributed by atoms with Crippen molar-refractivity contribution in [3.63, 3.8) is 0 Å². The van der Waals surface area contributed by atoms with Gasteiger partial charge in [-0.15, -0.1) is 0 Å². The number of anilines is 2. The molecule has 0 aromatic heterocycles. The van der Waals surface area contributed by atoms with E-state index in [2.05, 4.69) is 5.32 Å². The van der Waals surface area contributed by atoms with Gasteiger partial charge in [0.05, 0.1) is 31.9 Å². The lowest BCUT2D eigenvalue weighted by Crippen LogP contribution is -2.38. The summed E-state index contributed by atoms with van der Waals surface area (Å²) in [6.07, 6.45) is 1.08. The van der Waals surface area contributed by atoms with Crippen molar-refractivity contribution in [3.8, 4) is 11.5 Å². The Hall–Kier alpha value is -2.74. The van der Waals surface area contributed by atoms with Gasteiger partial charge in [-0.1, -0.05) is 12.1 Å². The smallest absolute Gasteiger partial charge is 0.245 e. The SMILES string of the molecule is COc1ccc(NC(=O)CN(c2cccc(C)c2C)S(C)(=O)=O)c(OC)c1. The number of carbonyl (C=O) groups is 1. The topological polar surface area (TPSA) is 84.9 Å². The summed E-state index contributed by atoms with van der Waals surface area (Å²) in [6, 6.07) is 10.3. The number of rotatable bonds is 7. The summed E-state index contributed by atoms with van der Waals surface area (Å²) in [7, 11) is -0.645. The van der Waals surface area contributed by atoms with Gasteiger partial charge in [-0.3, -0.25) is 9.10 Å². The van der Waals surface area contributed by atoms with Gasteiger partial charge in [0.25, 0.3) is 0 Å². The third kappa shape index (κ3) is 4.91. The fourth-order valence-electron chi connectivity index (χ4n) is 2.61. The Kier molecular flexibility index (Phi) is 6.32. The van der Waals surface area contributed by atoms with Crippen LogP contribution in [0.5, 0.6) is 11.5 Å². The lowest BCUT2D eigenvalue weighted by atomic mass is 10.1. The highest BCUT2D eigenvalue weighted by Crippen LogP contribution is 2.29. The number of nitrogens with one attached hydrogen (secondary N) is 1. The van der Waals surface area contributed by atoms with Crippen molar-refractivity contribution < 1.29 is 22.7 Å². The summed E-state index contributed by atoms with van der Waals surface area (Å²) in [4.78, 5) is 12.6. The normalized spacial score (nSPS) is 11.0. The Morgan fingerprint density at radius 3 is 2.41 bits per heavy atom. The number of hydrogen-bond donors (Lipinski definition) is 1. The standard InChI is InChI=1S/C19H24N2O5S/c1-13-7-6-8-17(14(13)2)21(27(5,23)24)12-19(22)20-16-10-9-15(25-3)11-18(16)26-4/h6-11H,12H2,1-5H3,(H,20,22). The third-order valence-electron chi connectivity index (χ3n) is 4.22. The van der Waals surface area contributed by atoms with Gasteiger partial charge in [-0.2, -0.15) is 0 Å². The number of carbonyl (C=O) groups excluding carboxylic acids is 1. The highest BCUT2D eigenvalue weighted by atomic mass is 32.2. The predicted molar refractivity (Wildman–Crippen MR) is 106 cm³/mol. The molecule has 146 valence electrons. The molecule has 1 amide bonds. The quantitative estimate of drug-likeness (QED) is 0.783. The lowest BCUT2D eigenvalue weighted by Gasteiger charge is -2.24. The van der Waals surface area contributed by atoms with Crippen molar-refractivity contribution >= 4 is 27.3 Å². The number of nitrogens with zero attached hydrogens (tertiary/aromatic N) is 1. The first-order valence-electron chi connectivity index (χ1n) is 8.23. The zero-order valence-corrected chi connectivity index (χ0v) is 16.9. The highest BCUT2D eigenvalue weighted by molar-refractivity contribution is 7.92. The van der Waals surface area contributed by atoms with Crippen molar-refractivity contribution in [2.75, 3.05) is 36.6 Å². The molecule has 0 aliphatic carbocycles. The van der Waals surface area contributed by atoms with Crippen LogP contribution in [0.2, 0.25) is 0 Å². The maximum absolute atomic E-state index is 12.6. The Labute approximate surface area is 160 Å². The Morgan fingerprint density at radius 2 is 1.81 bits per heavy atom. The minimum atomic E-state index is -3.65. The molecule has 0 aliphatic rings. The molecule has 27 heavy (non-hydrogen) atoms. The number of hydrogen-bond acceptors (Lipinski definition) is 5. The van der Waals surface area contributed by atoms with Crippen LogP contribution in [0.4, 0.5) is 11.4 Å². The number of sulfonamides is 1. The van der Waals surface area contributed by atoms with Crippen molar-refractivity contribution in [1.82, 2.24) is 0 Å². The van der Waals surface area contributed by atoms with E-state index in [1.54, 1.807) is 30.3 Å². The summed E-state index contributed by atoms with van der Waals surface area (Å²) in [6.45, 7) is 3.37. The molecule has 7 nitrogen and oxygen atoms in total. The molecule has 0 atom stereocenters.